The molecule has 0 atom stereocenters. The highest BCUT2D eigenvalue weighted by molar-refractivity contribution is 6.31. The monoisotopic (exact) mass is 437 g/mol. The number of hydrogen-bond acceptors (Lipinski definition) is 4. The zero-order valence-electron chi connectivity index (χ0n) is 16.4. The molecule has 0 fully saturated rings. The topological polar surface area (TPSA) is 79.6 Å². The molecule has 7 nitrogen and oxygen atoms in total. The minimum atomic E-state index is -0.578. The number of pyridine rings is 2. The van der Waals surface area contributed by atoms with E-state index in [1.165, 1.54) is 30.2 Å². The second-order valence-corrected chi connectivity index (χ2v) is 7.16. The van der Waals surface area contributed by atoms with Crippen molar-refractivity contribution >= 4 is 46.1 Å². The predicted octanol–water partition coefficient (Wildman–Crippen LogP) is 4.39. The van der Waals surface area contributed by atoms with Crippen LogP contribution in [0, 0.1) is 5.82 Å². The summed E-state index contributed by atoms with van der Waals surface area (Å²) in [7, 11) is 0. The van der Waals surface area contributed by atoms with Crippen molar-refractivity contribution in [2.45, 2.75) is 13.3 Å². The van der Waals surface area contributed by atoms with Crippen molar-refractivity contribution in [3.63, 3.8) is 0 Å². The minimum Gasteiger partial charge on any atom is -0.326 e. The summed E-state index contributed by atoms with van der Waals surface area (Å²) in [6, 6.07) is 12.9. The van der Waals surface area contributed by atoms with Crippen LogP contribution in [-0.4, -0.2) is 26.4 Å². The molecule has 4 aromatic rings. The van der Waals surface area contributed by atoms with Crippen LogP contribution in [0.15, 0.2) is 67.1 Å². The van der Waals surface area contributed by atoms with Crippen molar-refractivity contribution in [1.82, 2.24) is 14.6 Å². The Balaban J connectivity index is 1.57. The summed E-state index contributed by atoms with van der Waals surface area (Å²) in [5, 5.41) is 6.81. The Kier molecular flexibility index (Phi) is 5.64. The number of benzene rings is 1. The first-order valence-electron chi connectivity index (χ1n) is 9.35. The molecular weight excluding hydrogens is 421 g/mol. The third-order valence-corrected chi connectivity index (χ3v) is 5.02. The lowest BCUT2D eigenvalue weighted by atomic mass is 10.1. The fourth-order valence-electron chi connectivity index (χ4n) is 3.21. The number of carbonyl (C=O) groups excluding carboxylic acids is 2. The molecule has 0 unspecified atom stereocenters. The number of aromatic nitrogens is 3. The summed E-state index contributed by atoms with van der Waals surface area (Å²) >= 11 is 5.93. The lowest BCUT2D eigenvalue weighted by molar-refractivity contribution is -0.116. The van der Waals surface area contributed by atoms with Gasteiger partial charge in [0.25, 0.3) is 0 Å². The van der Waals surface area contributed by atoms with Gasteiger partial charge < -0.3 is 5.32 Å². The lowest BCUT2D eigenvalue weighted by Gasteiger charge is -2.21. The van der Waals surface area contributed by atoms with Gasteiger partial charge in [0.2, 0.25) is 11.8 Å². The highest BCUT2D eigenvalue weighted by Gasteiger charge is 2.17. The zero-order chi connectivity index (χ0) is 22.0. The molecule has 0 spiro atoms. The summed E-state index contributed by atoms with van der Waals surface area (Å²) in [4.78, 5) is 30.6. The third-order valence-electron chi connectivity index (χ3n) is 4.60. The predicted molar refractivity (Wildman–Crippen MR) is 116 cm³/mol. The maximum absolute atomic E-state index is 13.6. The van der Waals surface area contributed by atoms with Crippen molar-refractivity contribution in [1.29, 1.82) is 0 Å². The first-order chi connectivity index (χ1) is 14.9. The first-order valence-corrected chi connectivity index (χ1v) is 9.73. The van der Waals surface area contributed by atoms with Crippen LogP contribution >= 0.6 is 11.6 Å². The normalized spacial score (nSPS) is 10.8. The molecule has 0 aliphatic carbocycles. The summed E-state index contributed by atoms with van der Waals surface area (Å²) in [5.41, 5.74) is 2.26. The van der Waals surface area contributed by atoms with Crippen LogP contribution in [0.2, 0.25) is 5.02 Å². The summed E-state index contributed by atoms with van der Waals surface area (Å²) in [6.07, 6.45) is 4.81. The van der Waals surface area contributed by atoms with E-state index in [0.29, 0.717) is 22.8 Å². The van der Waals surface area contributed by atoms with Crippen LogP contribution in [0.4, 0.5) is 21.6 Å². The van der Waals surface area contributed by atoms with Crippen LogP contribution in [0.5, 0.6) is 0 Å². The first kappa shape index (κ1) is 20.5. The Hall–Kier alpha value is -3.78. The number of amides is 2. The Morgan fingerprint density at radius 3 is 2.81 bits per heavy atom. The molecule has 0 radical (unpaired) electrons. The standard InChI is InChI=1S/C22H17ClFN5O2/c1-14(30)29(18-7-10-28-17(13-18)6-9-26-28)20-12-16(5-8-25-20)27-21(31)11-15-3-2-4-19(24)22(15)23/h2-10,12-13H,11H2,1H3,(H,25,27,31). The summed E-state index contributed by atoms with van der Waals surface area (Å²) in [5.74, 6) is -0.852. The van der Waals surface area contributed by atoms with Gasteiger partial charge in [-0.15, -0.1) is 0 Å². The van der Waals surface area contributed by atoms with Gasteiger partial charge >= 0.3 is 0 Å². The minimum absolute atomic E-state index is 0.0777. The molecule has 3 heterocycles. The molecule has 0 saturated carbocycles. The Morgan fingerprint density at radius 2 is 2.00 bits per heavy atom. The van der Waals surface area contributed by atoms with E-state index in [1.807, 2.05) is 12.1 Å². The largest absolute Gasteiger partial charge is 0.326 e. The second-order valence-electron chi connectivity index (χ2n) is 6.78. The number of hydrogen-bond donors (Lipinski definition) is 1. The van der Waals surface area contributed by atoms with E-state index >= 15 is 0 Å². The number of nitrogens with one attached hydrogen (secondary N) is 1. The molecule has 0 saturated heterocycles. The second kappa shape index (κ2) is 8.53. The van der Waals surface area contributed by atoms with E-state index in [9.17, 15) is 14.0 Å². The highest BCUT2D eigenvalue weighted by atomic mass is 35.5. The highest BCUT2D eigenvalue weighted by Crippen LogP contribution is 2.27. The molecule has 9 heteroatoms. The van der Waals surface area contributed by atoms with E-state index < -0.39 is 5.82 Å². The summed E-state index contributed by atoms with van der Waals surface area (Å²) in [6.45, 7) is 1.43. The number of carbonyl (C=O) groups is 2. The zero-order valence-corrected chi connectivity index (χ0v) is 17.2. The third kappa shape index (κ3) is 4.39. The Morgan fingerprint density at radius 1 is 1.16 bits per heavy atom. The van der Waals surface area contributed by atoms with E-state index in [-0.39, 0.29) is 23.3 Å². The number of nitrogens with zero attached hydrogens (tertiary/aromatic N) is 4. The Labute approximate surface area is 182 Å². The number of rotatable bonds is 5. The Bertz CT molecular complexity index is 1290. The number of halogens is 2. The molecule has 3 aromatic heterocycles. The van der Waals surface area contributed by atoms with Crippen LogP contribution in [0.1, 0.15) is 12.5 Å². The van der Waals surface area contributed by atoms with Gasteiger partial charge in [-0.05, 0) is 35.9 Å². The van der Waals surface area contributed by atoms with Crippen LogP contribution in [0.3, 0.4) is 0 Å². The van der Waals surface area contributed by atoms with E-state index in [1.54, 1.807) is 41.2 Å². The maximum atomic E-state index is 13.6. The van der Waals surface area contributed by atoms with Crippen molar-refractivity contribution in [3.05, 3.63) is 83.5 Å². The molecule has 0 aliphatic rings. The quantitative estimate of drug-likeness (QED) is 0.502. The van der Waals surface area contributed by atoms with Gasteiger partial charge in [0.15, 0.2) is 0 Å². The number of anilines is 3. The van der Waals surface area contributed by atoms with Crippen LogP contribution < -0.4 is 10.2 Å². The molecule has 0 bridgehead atoms. The molecule has 1 N–H and O–H groups in total. The van der Waals surface area contributed by atoms with Gasteiger partial charge in [0.1, 0.15) is 11.6 Å². The van der Waals surface area contributed by atoms with Gasteiger partial charge in [-0.1, -0.05) is 23.7 Å². The fourth-order valence-corrected chi connectivity index (χ4v) is 3.40. The molecule has 31 heavy (non-hydrogen) atoms. The molecule has 2 amide bonds. The molecule has 1 aromatic carbocycles. The van der Waals surface area contributed by atoms with E-state index in [4.69, 9.17) is 11.6 Å². The smallest absolute Gasteiger partial charge is 0.229 e. The number of fused-ring (bicyclic) bond motifs is 1. The molecular formula is C22H17ClFN5O2. The van der Waals surface area contributed by atoms with Gasteiger partial charge in [-0.3, -0.25) is 14.5 Å². The molecule has 4 rings (SSSR count). The van der Waals surface area contributed by atoms with Gasteiger partial charge in [0, 0.05) is 37.3 Å². The SMILES string of the molecule is CC(=O)N(c1ccn2nccc2c1)c1cc(NC(=O)Cc2cccc(F)c2Cl)ccn1. The van der Waals surface area contributed by atoms with Crippen LogP contribution in [-0.2, 0) is 16.0 Å². The van der Waals surface area contributed by atoms with Crippen molar-refractivity contribution < 1.29 is 14.0 Å². The maximum Gasteiger partial charge on any atom is 0.229 e. The van der Waals surface area contributed by atoms with Gasteiger partial charge in [-0.2, -0.15) is 5.10 Å². The van der Waals surface area contributed by atoms with Gasteiger partial charge in [-0.25, -0.2) is 13.9 Å². The van der Waals surface area contributed by atoms with E-state index in [2.05, 4.69) is 15.4 Å². The van der Waals surface area contributed by atoms with Gasteiger partial charge in [0.05, 0.1) is 22.6 Å². The fraction of sp³-hybridized carbons (Fsp3) is 0.0909. The lowest BCUT2D eigenvalue weighted by Crippen LogP contribution is -2.24. The van der Waals surface area contributed by atoms with E-state index in [0.717, 1.165) is 5.52 Å². The van der Waals surface area contributed by atoms with Crippen molar-refractivity contribution in [2.24, 2.45) is 0 Å². The van der Waals surface area contributed by atoms with Crippen molar-refractivity contribution in [2.75, 3.05) is 10.2 Å². The summed E-state index contributed by atoms with van der Waals surface area (Å²) < 4.78 is 15.3. The molecule has 156 valence electrons. The average molecular weight is 438 g/mol. The average Bonchev–Trinajstić information content (AvgIpc) is 3.19. The van der Waals surface area contributed by atoms with Crippen LogP contribution in [0.25, 0.3) is 5.52 Å². The molecule has 0 aliphatic heterocycles. The van der Waals surface area contributed by atoms with Crippen molar-refractivity contribution in [3.8, 4) is 0 Å².